The molecule has 0 radical (unpaired) electrons. The molecule has 3 aromatic rings. The highest BCUT2D eigenvalue weighted by Gasteiger charge is 2.34. The van der Waals surface area contributed by atoms with E-state index in [-0.39, 0.29) is 22.5 Å². The normalized spacial score (nSPS) is 11.6. The molecule has 0 aliphatic rings. The average molecular weight is 503 g/mol. The smallest absolute Gasteiger partial charge is 0.416 e. The van der Waals surface area contributed by atoms with Crippen LogP contribution >= 0.6 is 0 Å². The molecule has 1 heterocycles. The number of benzene rings is 2. The Labute approximate surface area is 204 Å². The van der Waals surface area contributed by atoms with Gasteiger partial charge in [-0.05, 0) is 57.5 Å². The molecule has 0 fully saturated rings. The summed E-state index contributed by atoms with van der Waals surface area (Å²) in [4.78, 5) is 41.4. The largest absolute Gasteiger partial charge is 0.444 e. The van der Waals surface area contributed by atoms with Crippen molar-refractivity contribution in [1.82, 2.24) is 14.8 Å². The maximum Gasteiger partial charge on any atom is 0.416 e. The van der Waals surface area contributed by atoms with Gasteiger partial charge in [0.1, 0.15) is 18.3 Å². The van der Waals surface area contributed by atoms with Crippen LogP contribution in [0.3, 0.4) is 0 Å². The van der Waals surface area contributed by atoms with Crippen molar-refractivity contribution < 1.29 is 32.3 Å². The van der Waals surface area contributed by atoms with Crippen molar-refractivity contribution in [2.24, 2.45) is 0 Å². The van der Waals surface area contributed by atoms with Gasteiger partial charge in [-0.15, -0.1) is 0 Å². The number of anilines is 2. The van der Waals surface area contributed by atoms with Crippen LogP contribution in [-0.2, 0) is 15.7 Å². The minimum atomic E-state index is -4.70. The molecule has 3 rings (SSSR count). The lowest BCUT2D eigenvalue weighted by Crippen LogP contribution is -2.28. The molecular formula is C24H24F3N5O4. The quantitative estimate of drug-likeness (QED) is 0.355. The maximum atomic E-state index is 13.5. The summed E-state index contributed by atoms with van der Waals surface area (Å²) in [6.07, 6.45) is -3.52. The van der Waals surface area contributed by atoms with Gasteiger partial charge in [0.25, 0.3) is 0 Å². The SMILES string of the molecule is Cc1cc(NC(=O)OC(C)(C)C)c(NC(=O)CC(=O)c2cccc(-n3cncn3)c2)cc1C(F)(F)F. The van der Waals surface area contributed by atoms with Gasteiger partial charge in [0.15, 0.2) is 5.78 Å². The van der Waals surface area contributed by atoms with Crippen molar-refractivity contribution in [3.63, 3.8) is 0 Å². The number of ether oxygens (including phenoxy) is 1. The van der Waals surface area contributed by atoms with Crippen LogP contribution in [0, 0.1) is 6.92 Å². The molecule has 0 atom stereocenters. The molecule has 9 nitrogen and oxygen atoms in total. The van der Waals surface area contributed by atoms with Crippen LogP contribution in [0.1, 0.15) is 48.7 Å². The Morgan fingerprint density at radius 2 is 1.72 bits per heavy atom. The molecule has 12 heteroatoms. The summed E-state index contributed by atoms with van der Waals surface area (Å²) < 4.78 is 47.0. The first-order chi connectivity index (χ1) is 16.7. The van der Waals surface area contributed by atoms with Gasteiger partial charge >= 0.3 is 12.3 Å². The number of halogens is 3. The number of Topliss-reactive ketones (excluding diaryl/α,β-unsaturated/α-hetero) is 1. The topological polar surface area (TPSA) is 115 Å². The lowest BCUT2D eigenvalue weighted by Gasteiger charge is -2.21. The number of carbonyl (C=O) groups excluding carboxylic acids is 3. The molecule has 0 spiro atoms. The Bertz CT molecular complexity index is 1280. The lowest BCUT2D eigenvalue weighted by molar-refractivity contribution is -0.138. The molecule has 0 aliphatic heterocycles. The fraction of sp³-hybridized carbons (Fsp3) is 0.292. The van der Waals surface area contributed by atoms with E-state index in [2.05, 4.69) is 20.7 Å². The van der Waals surface area contributed by atoms with Crippen molar-refractivity contribution >= 4 is 29.2 Å². The Morgan fingerprint density at radius 1 is 1.03 bits per heavy atom. The number of hydrogen-bond donors (Lipinski definition) is 2. The number of aryl methyl sites for hydroxylation is 1. The summed E-state index contributed by atoms with van der Waals surface area (Å²) in [5, 5.41) is 8.63. The first kappa shape index (κ1) is 26.4. The zero-order chi connectivity index (χ0) is 26.7. The van der Waals surface area contributed by atoms with Gasteiger partial charge in [0.05, 0.1) is 29.0 Å². The summed E-state index contributed by atoms with van der Waals surface area (Å²) in [5.41, 5.74) is -1.73. The van der Waals surface area contributed by atoms with Gasteiger partial charge in [-0.25, -0.2) is 14.5 Å². The number of nitrogens with one attached hydrogen (secondary N) is 2. The Morgan fingerprint density at radius 3 is 2.33 bits per heavy atom. The lowest BCUT2D eigenvalue weighted by atomic mass is 10.0. The van der Waals surface area contributed by atoms with Crippen molar-refractivity contribution in [2.75, 3.05) is 10.6 Å². The average Bonchev–Trinajstić information content (AvgIpc) is 3.28. The Hall–Kier alpha value is -4.22. The second kappa shape index (κ2) is 10.2. The predicted octanol–water partition coefficient (Wildman–Crippen LogP) is 5.15. The third-order valence-corrected chi connectivity index (χ3v) is 4.75. The molecule has 36 heavy (non-hydrogen) atoms. The third kappa shape index (κ3) is 6.90. The Kier molecular flexibility index (Phi) is 7.46. The number of aromatic nitrogens is 3. The van der Waals surface area contributed by atoms with Gasteiger partial charge in [-0.1, -0.05) is 12.1 Å². The van der Waals surface area contributed by atoms with E-state index in [4.69, 9.17) is 4.74 Å². The van der Waals surface area contributed by atoms with E-state index in [1.165, 1.54) is 36.4 Å². The van der Waals surface area contributed by atoms with Crippen molar-refractivity contribution in [2.45, 2.75) is 45.9 Å². The summed E-state index contributed by atoms with van der Waals surface area (Å²) in [7, 11) is 0. The minimum Gasteiger partial charge on any atom is -0.444 e. The van der Waals surface area contributed by atoms with Crippen LogP contribution in [0.5, 0.6) is 0 Å². The molecule has 2 aromatic carbocycles. The predicted molar refractivity (Wildman–Crippen MR) is 125 cm³/mol. The maximum absolute atomic E-state index is 13.5. The van der Waals surface area contributed by atoms with Crippen molar-refractivity contribution in [1.29, 1.82) is 0 Å². The monoisotopic (exact) mass is 503 g/mol. The number of carbonyl (C=O) groups is 3. The van der Waals surface area contributed by atoms with Crippen LogP contribution in [0.2, 0.25) is 0 Å². The molecule has 0 saturated heterocycles. The standard InChI is InChI=1S/C24H24F3N5O4/c1-14-8-18(31-22(35)36-23(2,3)4)19(10-17(14)24(25,26)27)30-21(34)11-20(33)15-6-5-7-16(9-15)32-13-28-12-29-32/h5-10,12-13H,11H2,1-4H3,(H,30,34)(H,31,35). The van der Waals surface area contributed by atoms with Gasteiger partial charge in [0, 0.05) is 5.56 Å². The van der Waals surface area contributed by atoms with E-state index in [1.54, 1.807) is 32.9 Å². The van der Waals surface area contributed by atoms with Crippen LogP contribution in [-0.4, -0.2) is 38.1 Å². The van der Waals surface area contributed by atoms with Crippen LogP contribution < -0.4 is 10.6 Å². The van der Waals surface area contributed by atoms with Gasteiger partial charge in [-0.2, -0.15) is 18.3 Å². The molecule has 2 amide bonds. The van der Waals surface area contributed by atoms with E-state index in [0.29, 0.717) is 11.8 Å². The second-order valence-electron chi connectivity index (χ2n) is 8.88. The number of rotatable bonds is 6. The fourth-order valence-electron chi connectivity index (χ4n) is 3.24. The van der Waals surface area contributed by atoms with Crippen molar-refractivity contribution in [3.05, 3.63) is 65.7 Å². The first-order valence-corrected chi connectivity index (χ1v) is 10.7. The molecular weight excluding hydrogens is 479 g/mol. The highest BCUT2D eigenvalue weighted by Crippen LogP contribution is 2.37. The van der Waals surface area contributed by atoms with Gasteiger partial charge in [0.2, 0.25) is 5.91 Å². The van der Waals surface area contributed by atoms with Crippen LogP contribution in [0.25, 0.3) is 5.69 Å². The molecule has 0 saturated carbocycles. The summed E-state index contributed by atoms with van der Waals surface area (Å²) in [6.45, 7) is 6.09. The molecule has 190 valence electrons. The summed E-state index contributed by atoms with van der Waals surface area (Å²) in [6, 6.07) is 8.07. The molecule has 1 aromatic heterocycles. The van der Waals surface area contributed by atoms with Gasteiger partial charge in [-0.3, -0.25) is 14.9 Å². The number of alkyl halides is 3. The molecule has 0 bridgehead atoms. The zero-order valence-corrected chi connectivity index (χ0v) is 19.9. The first-order valence-electron chi connectivity index (χ1n) is 10.7. The summed E-state index contributed by atoms with van der Waals surface area (Å²) >= 11 is 0. The number of ketones is 1. The fourth-order valence-corrected chi connectivity index (χ4v) is 3.24. The minimum absolute atomic E-state index is 0.108. The van der Waals surface area contributed by atoms with E-state index in [1.807, 2.05) is 0 Å². The van der Waals surface area contributed by atoms with E-state index >= 15 is 0 Å². The zero-order valence-electron chi connectivity index (χ0n) is 19.9. The van der Waals surface area contributed by atoms with E-state index < -0.39 is 41.5 Å². The number of amides is 2. The molecule has 2 N–H and O–H groups in total. The number of nitrogens with zero attached hydrogens (tertiary/aromatic N) is 3. The molecule has 0 unspecified atom stereocenters. The van der Waals surface area contributed by atoms with Crippen LogP contribution in [0.4, 0.5) is 29.3 Å². The van der Waals surface area contributed by atoms with E-state index in [0.717, 1.165) is 6.07 Å². The molecule has 0 aliphatic carbocycles. The van der Waals surface area contributed by atoms with Crippen LogP contribution in [0.15, 0.2) is 49.1 Å². The van der Waals surface area contributed by atoms with Crippen molar-refractivity contribution in [3.8, 4) is 5.69 Å². The summed E-state index contributed by atoms with van der Waals surface area (Å²) in [5.74, 6) is -1.44. The Balaban J connectivity index is 1.83. The van der Waals surface area contributed by atoms with E-state index in [9.17, 15) is 27.6 Å². The highest BCUT2D eigenvalue weighted by atomic mass is 19.4. The highest BCUT2D eigenvalue weighted by molar-refractivity contribution is 6.12. The van der Waals surface area contributed by atoms with Gasteiger partial charge < -0.3 is 10.1 Å². The number of hydrogen-bond acceptors (Lipinski definition) is 6. The third-order valence-electron chi connectivity index (χ3n) is 4.75. The second-order valence-corrected chi connectivity index (χ2v) is 8.88.